The lowest BCUT2D eigenvalue weighted by Crippen LogP contribution is -2.63. The fourth-order valence-corrected chi connectivity index (χ4v) is 6.03. The lowest BCUT2D eigenvalue weighted by Gasteiger charge is -2.47. The molecule has 30 heavy (non-hydrogen) atoms. The molecule has 2 heterocycles. The molecule has 1 aromatic carbocycles. The van der Waals surface area contributed by atoms with Gasteiger partial charge in [0.25, 0.3) is 5.91 Å². The first kappa shape index (κ1) is 21.4. The summed E-state index contributed by atoms with van der Waals surface area (Å²) < 4.78 is 0. The zero-order valence-corrected chi connectivity index (χ0v) is 18.7. The van der Waals surface area contributed by atoms with E-state index in [1.807, 2.05) is 36.9 Å². The van der Waals surface area contributed by atoms with Gasteiger partial charge in [0.2, 0.25) is 5.91 Å². The molecule has 0 aromatic heterocycles. The van der Waals surface area contributed by atoms with Crippen LogP contribution in [0.5, 0.6) is 0 Å². The molecule has 2 amide bonds. The quantitative estimate of drug-likeness (QED) is 0.731. The average Bonchev–Trinajstić information content (AvgIpc) is 3.15. The summed E-state index contributed by atoms with van der Waals surface area (Å²) in [7, 11) is 0. The highest BCUT2D eigenvalue weighted by Crippen LogP contribution is 2.38. The van der Waals surface area contributed by atoms with Crippen molar-refractivity contribution in [1.82, 2.24) is 15.5 Å². The molecule has 2 aliphatic heterocycles. The highest BCUT2D eigenvalue weighted by molar-refractivity contribution is 8.14. The molecule has 1 saturated carbocycles. The van der Waals surface area contributed by atoms with E-state index in [1.165, 1.54) is 30.7 Å². The minimum atomic E-state index is -0.207. The van der Waals surface area contributed by atoms with Crippen LogP contribution in [0.4, 0.5) is 0 Å². The number of carbonyl (C=O) groups is 2. The summed E-state index contributed by atoms with van der Waals surface area (Å²) in [6.45, 7) is 6.94. The van der Waals surface area contributed by atoms with Crippen LogP contribution in [0.2, 0.25) is 0 Å². The van der Waals surface area contributed by atoms with Gasteiger partial charge in [-0.3, -0.25) is 19.5 Å². The van der Waals surface area contributed by atoms with Crippen molar-refractivity contribution in [3.63, 3.8) is 0 Å². The number of likely N-dealkylation sites (tertiary alicyclic amines) is 1. The van der Waals surface area contributed by atoms with Crippen molar-refractivity contribution in [2.24, 2.45) is 10.9 Å². The number of nitrogens with one attached hydrogen (secondary N) is 2. The molecule has 7 heteroatoms. The fourth-order valence-electron chi connectivity index (χ4n) is 4.83. The highest BCUT2D eigenvalue weighted by Gasteiger charge is 2.37. The third-order valence-corrected chi connectivity index (χ3v) is 7.87. The Kier molecular flexibility index (Phi) is 6.78. The first-order valence-corrected chi connectivity index (χ1v) is 11.9. The zero-order valence-electron chi connectivity index (χ0n) is 17.9. The lowest BCUT2D eigenvalue weighted by atomic mass is 9.82. The van der Waals surface area contributed by atoms with Gasteiger partial charge in [0.1, 0.15) is 0 Å². The van der Waals surface area contributed by atoms with Crippen LogP contribution in [0, 0.1) is 12.8 Å². The predicted octanol–water partition coefficient (Wildman–Crippen LogP) is 2.62. The summed E-state index contributed by atoms with van der Waals surface area (Å²) in [5, 5.41) is 7.71. The first-order chi connectivity index (χ1) is 14.5. The third-order valence-electron chi connectivity index (χ3n) is 6.56. The predicted molar refractivity (Wildman–Crippen MR) is 122 cm³/mol. The van der Waals surface area contributed by atoms with E-state index in [0.717, 1.165) is 31.1 Å². The number of aryl methyl sites for hydroxylation is 1. The maximum absolute atomic E-state index is 12.2. The molecule has 1 aliphatic carbocycles. The van der Waals surface area contributed by atoms with Crippen molar-refractivity contribution in [2.75, 3.05) is 26.2 Å². The van der Waals surface area contributed by atoms with Gasteiger partial charge in [-0.2, -0.15) is 0 Å². The molecular formula is C23H32N4O2S. The number of rotatable bonds is 6. The van der Waals surface area contributed by atoms with Crippen LogP contribution in [0.1, 0.15) is 48.5 Å². The Bertz CT molecular complexity index is 813. The van der Waals surface area contributed by atoms with E-state index in [-0.39, 0.29) is 24.4 Å². The van der Waals surface area contributed by atoms with Crippen LogP contribution < -0.4 is 10.6 Å². The van der Waals surface area contributed by atoms with Crippen molar-refractivity contribution in [3.8, 4) is 0 Å². The summed E-state index contributed by atoms with van der Waals surface area (Å²) in [5.74, 6) is 0.487. The molecule has 0 spiro atoms. The molecule has 1 aromatic rings. The fraction of sp³-hybridized carbons (Fsp3) is 0.609. The van der Waals surface area contributed by atoms with Gasteiger partial charge in [-0.05, 0) is 57.6 Å². The van der Waals surface area contributed by atoms with E-state index < -0.39 is 0 Å². The molecule has 1 unspecified atom stereocenters. The highest BCUT2D eigenvalue weighted by atomic mass is 32.2. The van der Waals surface area contributed by atoms with E-state index in [9.17, 15) is 9.59 Å². The average molecular weight is 429 g/mol. The molecule has 0 bridgehead atoms. The number of hydrogen-bond acceptors (Lipinski definition) is 5. The van der Waals surface area contributed by atoms with Crippen LogP contribution in [0.3, 0.4) is 0 Å². The van der Waals surface area contributed by atoms with Crippen LogP contribution in [0.25, 0.3) is 0 Å². The second-order valence-electron chi connectivity index (χ2n) is 8.86. The van der Waals surface area contributed by atoms with Crippen molar-refractivity contribution in [1.29, 1.82) is 0 Å². The Balaban J connectivity index is 1.12. The standard InChI is InChI=1S/C23H32N4O2S/c1-15-4-3-5-18(10-15)23(29)25-12-22(28)26-19-13-27(14-19)20-8-6-17(7-9-20)21-11-24-16(2)30-21/h3-5,10,17,19-21H,6-9,11-14H2,1-2H3,(H,25,29)(H,26,28). The molecule has 6 nitrogen and oxygen atoms in total. The van der Waals surface area contributed by atoms with Gasteiger partial charge in [0, 0.05) is 29.9 Å². The number of carbonyl (C=O) groups excluding carboxylic acids is 2. The van der Waals surface area contributed by atoms with Crippen LogP contribution in [-0.2, 0) is 4.79 Å². The van der Waals surface area contributed by atoms with Gasteiger partial charge < -0.3 is 10.6 Å². The summed E-state index contributed by atoms with van der Waals surface area (Å²) in [5.41, 5.74) is 1.62. The topological polar surface area (TPSA) is 73.8 Å². The Morgan fingerprint density at radius 3 is 2.60 bits per heavy atom. The van der Waals surface area contributed by atoms with Crippen LogP contribution in [-0.4, -0.2) is 65.3 Å². The third kappa shape index (κ3) is 5.24. The van der Waals surface area contributed by atoms with Gasteiger partial charge in [0.15, 0.2) is 0 Å². The van der Waals surface area contributed by atoms with Crippen molar-refractivity contribution in [3.05, 3.63) is 35.4 Å². The summed E-state index contributed by atoms with van der Waals surface area (Å²) in [6.07, 6.45) is 5.11. The van der Waals surface area contributed by atoms with Gasteiger partial charge in [-0.1, -0.05) is 17.7 Å². The molecule has 4 rings (SSSR count). The van der Waals surface area contributed by atoms with Gasteiger partial charge in [-0.15, -0.1) is 11.8 Å². The van der Waals surface area contributed by atoms with E-state index in [0.29, 0.717) is 16.9 Å². The summed E-state index contributed by atoms with van der Waals surface area (Å²) in [4.78, 5) is 31.4. The monoisotopic (exact) mass is 428 g/mol. The second kappa shape index (κ2) is 9.52. The van der Waals surface area contributed by atoms with Crippen molar-refractivity contribution in [2.45, 2.75) is 56.9 Å². The first-order valence-electron chi connectivity index (χ1n) is 11.0. The van der Waals surface area contributed by atoms with E-state index >= 15 is 0 Å². The SMILES string of the molecule is CC1=NCC(C2CCC(N3CC(NC(=O)CNC(=O)c4cccc(C)c4)C3)CC2)S1. The summed E-state index contributed by atoms with van der Waals surface area (Å²) >= 11 is 1.97. The maximum atomic E-state index is 12.2. The van der Waals surface area contributed by atoms with Crippen LogP contribution in [0.15, 0.2) is 29.3 Å². The zero-order chi connectivity index (χ0) is 21.1. The smallest absolute Gasteiger partial charge is 0.251 e. The molecule has 3 aliphatic rings. The summed E-state index contributed by atoms with van der Waals surface area (Å²) in [6, 6.07) is 8.24. The number of nitrogens with zero attached hydrogens (tertiary/aromatic N) is 2. The molecule has 162 valence electrons. The molecular weight excluding hydrogens is 396 g/mol. The second-order valence-corrected chi connectivity index (χ2v) is 10.3. The number of aliphatic imine (C=N–C) groups is 1. The number of thioether (sulfide) groups is 1. The Morgan fingerprint density at radius 1 is 1.17 bits per heavy atom. The van der Waals surface area contributed by atoms with Crippen molar-refractivity contribution < 1.29 is 9.59 Å². The largest absolute Gasteiger partial charge is 0.349 e. The minimum Gasteiger partial charge on any atom is -0.349 e. The Labute approximate surface area is 183 Å². The maximum Gasteiger partial charge on any atom is 0.251 e. The normalized spacial score (nSPS) is 27.3. The molecule has 2 N–H and O–H groups in total. The number of amides is 2. The van der Waals surface area contributed by atoms with Crippen molar-refractivity contribution >= 4 is 28.6 Å². The molecule has 1 atom stereocenters. The van der Waals surface area contributed by atoms with E-state index in [2.05, 4.69) is 27.4 Å². The number of hydrogen-bond donors (Lipinski definition) is 2. The van der Waals surface area contributed by atoms with Gasteiger partial charge in [-0.25, -0.2) is 0 Å². The lowest BCUT2D eigenvalue weighted by molar-refractivity contribution is -0.122. The molecule has 1 saturated heterocycles. The Morgan fingerprint density at radius 2 is 1.93 bits per heavy atom. The Hall–Kier alpha value is -1.86. The molecule has 2 fully saturated rings. The number of benzene rings is 1. The van der Waals surface area contributed by atoms with Gasteiger partial charge >= 0.3 is 0 Å². The van der Waals surface area contributed by atoms with Gasteiger partial charge in [0.05, 0.1) is 24.2 Å². The van der Waals surface area contributed by atoms with E-state index in [4.69, 9.17) is 0 Å². The van der Waals surface area contributed by atoms with E-state index in [1.54, 1.807) is 6.07 Å². The van der Waals surface area contributed by atoms with Crippen LogP contribution >= 0.6 is 11.8 Å². The molecule has 0 radical (unpaired) electrons. The minimum absolute atomic E-state index is 0.0227.